The SMILES string of the molecule is CC(CNC(C)C)Cc1ccccc1Cl. The van der Waals surface area contributed by atoms with E-state index in [1.54, 1.807) is 0 Å². The predicted octanol–water partition coefficient (Wildman–Crippen LogP) is 3.52. The second-order valence-electron chi connectivity index (χ2n) is 4.46. The molecular weight excluding hydrogens is 206 g/mol. The number of benzene rings is 1. The van der Waals surface area contributed by atoms with Gasteiger partial charge < -0.3 is 5.32 Å². The van der Waals surface area contributed by atoms with E-state index in [-0.39, 0.29) is 0 Å². The van der Waals surface area contributed by atoms with Crippen molar-refractivity contribution in [3.05, 3.63) is 34.9 Å². The second-order valence-corrected chi connectivity index (χ2v) is 4.87. The molecule has 2 heteroatoms. The molecule has 0 bridgehead atoms. The minimum Gasteiger partial charge on any atom is -0.314 e. The monoisotopic (exact) mass is 225 g/mol. The molecule has 0 saturated heterocycles. The lowest BCUT2D eigenvalue weighted by atomic mass is 10.0. The van der Waals surface area contributed by atoms with E-state index < -0.39 is 0 Å². The number of halogens is 1. The molecule has 84 valence electrons. The van der Waals surface area contributed by atoms with Crippen LogP contribution in [-0.4, -0.2) is 12.6 Å². The molecule has 1 aromatic rings. The minimum absolute atomic E-state index is 0.554. The topological polar surface area (TPSA) is 12.0 Å². The van der Waals surface area contributed by atoms with E-state index in [0.717, 1.165) is 18.0 Å². The highest BCUT2D eigenvalue weighted by Crippen LogP contribution is 2.18. The Morgan fingerprint density at radius 2 is 1.87 bits per heavy atom. The van der Waals surface area contributed by atoms with E-state index in [1.807, 2.05) is 18.2 Å². The Balaban J connectivity index is 2.44. The summed E-state index contributed by atoms with van der Waals surface area (Å²) in [5.41, 5.74) is 1.25. The summed E-state index contributed by atoms with van der Waals surface area (Å²) in [6.07, 6.45) is 1.04. The third-order valence-corrected chi connectivity index (χ3v) is 2.77. The first kappa shape index (κ1) is 12.5. The summed E-state index contributed by atoms with van der Waals surface area (Å²) in [7, 11) is 0. The maximum absolute atomic E-state index is 6.11. The first-order chi connectivity index (χ1) is 7.09. The number of nitrogens with one attached hydrogen (secondary N) is 1. The van der Waals surface area contributed by atoms with Crippen molar-refractivity contribution in [2.75, 3.05) is 6.54 Å². The van der Waals surface area contributed by atoms with Gasteiger partial charge in [0.25, 0.3) is 0 Å². The summed E-state index contributed by atoms with van der Waals surface area (Å²) in [5.74, 6) is 0.618. The molecule has 0 spiro atoms. The molecule has 0 aromatic heterocycles. The molecule has 1 unspecified atom stereocenters. The molecule has 0 aliphatic rings. The summed E-state index contributed by atoms with van der Waals surface area (Å²) in [5, 5.41) is 4.33. The van der Waals surface area contributed by atoms with E-state index in [2.05, 4.69) is 32.2 Å². The summed E-state index contributed by atoms with van der Waals surface area (Å²) in [6.45, 7) is 7.63. The largest absolute Gasteiger partial charge is 0.314 e. The van der Waals surface area contributed by atoms with Gasteiger partial charge in [0, 0.05) is 11.1 Å². The summed E-state index contributed by atoms with van der Waals surface area (Å²) in [6, 6.07) is 8.64. The van der Waals surface area contributed by atoms with E-state index >= 15 is 0 Å². The summed E-state index contributed by atoms with van der Waals surface area (Å²) in [4.78, 5) is 0. The molecular formula is C13H20ClN. The molecule has 1 atom stereocenters. The normalized spacial score (nSPS) is 13.1. The van der Waals surface area contributed by atoms with Crippen molar-refractivity contribution in [1.29, 1.82) is 0 Å². The van der Waals surface area contributed by atoms with Crippen LogP contribution in [0.1, 0.15) is 26.3 Å². The average molecular weight is 226 g/mol. The van der Waals surface area contributed by atoms with Gasteiger partial charge in [-0.05, 0) is 30.5 Å². The van der Waals surface area contributed by atoms with Gasteiger partial charge in [-0.2, -0.15) is 0 Å². The van der Waals surface area contributed by atoms with Crippen LogP contribution in [0, 0.1) is 5.92 Å². The molecule has 0 heterocycles. The highest BCUT2D eigenvalue weighted by molar-refractivity contribution is 6.31. The molecule has 0 aliphatic heterocycles. The van der Waals surface area contributed by atoms with Gasteiger partial charge in [-0.25, -0.2) is 0 Å². The maximum atomic E-state index is 6.11. The van der Waals surface area contributed by atoms with Gasteiger partial charge in [-0.1, -0.05) is 50.6 Å². The molecule has 0 radical (unpaired) electrons. The van der Waals surface area contributed by atoms with Crippen LogP contribution in [0.2, 0.25) is 5.02 Å². The van der Waals surface area contributed by atoms with Crippen LogP contribution in [0.15, 0.2) is 24.3 Å². The van der Waals surface area contributed by atoms with Gasteiger partial charge in [0.15, 0.2) is 0 Å². The zero-order chi connectivity index (χ0) is 11.3. The number of hydrogen-bond donors (Lipinski definition) is 1. The summed E-state index contributed by atoms with van der Waals surface area (Å²) < 4.78 is 0. The lowest BCUT2D eigenvalue weighted by Gasteiger charge is -2.15. The molecule has 1 nitrogen and oxygen atoms in total. The average Bonchev–Trinajstić information content (AvgIpc) is 2.18. The van der Waals surface area contributed by atoms with Crippen LogP contribution in [0.4, 0.5) is 0 Å². The van der Waals surface area contributed by atoms with Crippen LogP contribution >= 0.6 is 11.6 Å². The quantitative estimate of drug-likeness (QED) is 0.809. The van der Waals surface area contributed by atoms with Crippen LogP contribution in [0.25, 0.3) is 0 Å². The van der Waals surface area contributed by atoms with Crippen molar-refractivity contribution >= 4 is 11.6 Å². The van der Waals surface area contributed by atoms with Gasteiger partial charge in [-0.15, -0.1) is 0 Å². The van der Waals surface area contributed by atoms with Crippen molar-refractivity contribution in [3.8, 4) is 0 Å². The van der Waals surface area contributed by atoms with Crippen molar-refractivity contribution in [3.63, 3.8) is 0 Å². The van der Waals surface area contributed by atoms with E-state index in [0.29, 0.717) is 12.0 Å². The van der Waals surface area contributed by atoms with Crippen LogP contribution in [0.5, 0.6) is 0 Å². The zero-order valence-electron chi connectivity index (χ0n) is 9.76. The fourth-order valence-electron chi connectivity index (χ4n) is 1.55. The Kier molecular flexibility index (Phi) is 5.13. The first-order valence-corrected chi connectivity index (χ1v) is 5.94. The predicted molar refractivity (Wildman–Crippen MR) is 67.5 cm³/mol. The molecule has 0 fully saturated rings. The highest BCUT2D eigenvalue weighted by atomic mass is 35.5. The van der Waals surface area contributed by atoms with E-state index in [9.17, 15) is 0 Å². The molecule has 1 N–H and O–H groups in total. The van der Waals surface area contributed by atoms with Gasteiger partial charge in [0.1, 0.15) is 0 Å². The molecule has 1 rings (SSSR count). The third kappa shape index (κ3) is 4.67. The van der Waals surface area contributed by atoms with Crippen LogP contribution < -0.4 is 5.32 Å². The summed E-state index contributed by atoms with van der Waals surface area (Å²) >= 11 is 6.11. The first-order valence-electron chi connectivity index (χ1n) is 5.56. The Bertz CT molecular complexity index is 296. The lowest BCUT2D eigenvalue weighted by Crippen LogP contribution is -2.28. The van der Waals surface area contributed by atoms with Crippen molar-refractivity contribution in [2.45, 2.75) is 33.2 Å². The Morgan fingerprint density at radius 3 is 2.47 bits per heavy atom. The highest BCUT2D eigenvalue weighted by Gasteiger charge is 2.06. The Hall–Kier alpha value is -0.530. The zero-order valence-corrected chi connectivity index (χ0v) is 10.5. The fraction of sp³-hybridized carbons (Fsp3) is 0.538. The number of rotatable bonds is 5. The molecule has 0 aliphatic carbocycles. The third-order valence-electron chi connectivity index (χ3n) is 2.40. The second kappa shape index (κ2) is 6.14. The lowest BCUT2D eigenvalue weighted by molar-refractivity contribution is 0.476. The molecule has 0 saturated carbocycles. The maximum Gasteiger partial charge on any atom is 0.0438 e. The van der Waals surface area contributed by atoms with Gasteiger partial charge in [0.05, 0.1) is 0 Å². The standard InChI is InChI=1S/C13H20ClN/c1-10(2)15-9-11(3)8-12-6-4-5-7-13(12)14/h4-7,10-11,15H,8-9H2,1-3H3. The van der Waals surface area contributed by atoms with Gasteiger partial charge in [-0.3, -0.25) is 0 Å². The Morgan fingerprint density at radius 1 is 1.20 bits per heavy atom. The van der Waals surface area contributed by atoms with Crippen molar-refractivity contribution < 1.29 is 0 Å². The van der Waals surface area contributed by atoms with Crippen LogP contribution in [0.3, 0.4) is 0 Å². The van der Waals surface area contributed by atoms with Gasteiger partial charge >= 0.3 is 0 Å². The fourth-order valence-corrected chi connectivity index (χ4v) is 1.76. The van der Waals surface area contributed by atoms with Gasteiger partial charge in [0.2, 0.25) is 0 Å². The molecule has 15 heavy (non-hydrogen) atoms. The molecule has 1 aromatic carbocycles. The van der Waals surface area contributed by atoms with Crippen LogP contribution in [-0.2, 0) is 6.42 Å². The smallest absolute Gasteiger partial charge is 0.0438 e. The number of hydrogen-bond acceptors (Lipinski definition) is 1. The van der Waals surface area contributed by atoms with E-state index in [4.69, 9.17) is 11.6 Å². The minimum atomic E-state index is 0.554. The van der Waals surface area contributed by atoms with Crippen molar-refractivity contribution in [2.24, 2.45) is 5.92 Å². The van der Waals surface area contributed by atoms with E-state index in [1.165, 1.54) is 5.56 Å². The Labute approximate surface area is 97.8 Å². The van der Waals surface area contributed by atoms with Crippen molar-refractivity contribution in [1.82, 2.24) is 5.32 Å². The molecule has 0 amide bonds.